The van der Waals surface area contributed by atoms with Crippen molar-refractivity contribution < 1.29 is 4.79 Å². The molecule has 2 N–H and O–H groups in total. The smallest absolute Gasteiger partial charge is 0.233 e. The lowest BCUT2D eigenvalue weighted by atomic mass is 9.82. The number of aromatic nitrogens is 2. The monoisotopic (exact) mass is 381 g/mol. The topological polar surface area (TPSA) is 70.2 Å². The van der Waals surface area contributed by atoms with Gasteiger partial charge in [0, 0.05) is 26.2 Å². The number of amides is 1. The van der Waals surface area contributed by atoms with Crippen LogP contribution in [0.3, 0.4) is 0 Å². The third kappa shape index (κ3) is 4.02. The van der Waals surface area contributed by atoms with Crippen LogP contribution >= 0.6 is 0 Å². The lowest BCUT2D eigenvalue weighted by Crippen LogP contribution is -2.43. The maximum absolute atomic E-state index is 13.5. The highest BCUT2D eigenvalue weighted by molar-refractivity contribution is 5.88. The number of carbonyl (C=O) groups is 1. The van der Waals surface area contributed by atoms with Crippen molar-refractivity contribution in [1.82, 2.24) is 20.2 Å². The molecule has 0 radical (unpaired) electrons. The normalized spacial score (nSPS) is 17.0. The molecule has 2 aromatic rings. The molecule has 6 nitrogen and oxygen atoms in total. The van der Waals surface area contributed by atoms with E-state index >= 15 is 0 Å². The Bertz CT molecular complexity index is 831. The SMILES string of the molecule is CNCc1cc(NC)nc([C@H]2CCCN2C(=O)C(C)(C)c2ccc(C)cc2)n1. The second kappa shape index (κ2) is 8.27. The van der Waals surface area contributed by atoms with Crippen molar-refractivity contribution in [3.8, 4) is 0 Å². The van der Waals surface area contributed by atoms with Gasteiger partial charge in [-0.15, -0.1) is 0 Å². The van der Waals surface area contributed by atoms with E-state index in [9.17, 15) is 4.79 Å². The Morgan fingerprint density at radius 1 is 1.21 bits per heavy atom. The van der Waals surface area contributed by atoms with Crippen LogP contribution in [0, 0.1) is 6.92 Å². The average Bonchev–Trinajstić information content (AvgIpc) is 3.17. The number of anilines is 1. The highest BCUT2D eigenvalue weighted by atomic mass is 16.2. The van der Waals surface area contributed by atoms with E-state index in [0.717, 1.165) is 42.3 Å². The molecule has 1 aliphatic rings. The zero-order valence-corrected chi connectivity index (χ0v) is 17.5. The zero-order valence-electron chi connectivity index (χ0n) is 17.5. The number of aryl methyl sites for hydroxylation is 1. The minimum Gasteiger partial charge on any atom is -0.373 e. The van der Waals surface area contributed by atoms with E-state index in [4.69, 9.17) is 4.98 Å². The predicted octanol–water partition coefficient (Wildman–Crippen LogP) is 3.19. The maximum Gasteiger partial charge on any atom is 0.233 e. The van der Waals surface area contributed by atoms with Gasteiger partial charge < -0.3 is 15.5 Å². The number of hydrogen-bond acceptors (Lipinski definition) is 5. The fourth-order valence-electron chi connectivity index (χ4n) is 3.80. The molecule has 1 saturated heterocycles. The number of likely N-dealkylation sites (tertiary alicyclic amines) is 1. The van der Waals surface area contributed by atoms with Gasteiger partial charge >= 0.3 is 0 Å². The molecular formula is C22H31N5O. The molecule has 3 rings (SSSR count). The summed E-state index contributed by atoms with van der Waals surface area (Å²) in [5.74, 6) is 1.64. The van der Waals surface area contributed by atoms with Crippen molar-refractivity contribution in [2.75, 3.05) is 26.0 Å². The van der Waals surface area contributed by atoms with Gasteiger partial charge in [0.25, 0.3) is 0 Å². The Hall–Kier alpha value is -2.47. The molecule has 1 aliphatic heterocycles. The van der Waals surface area contributed by atoms with E-state index < -0.39 is 5.41 Å². The van der Waals surface area contributed by atoms with Crippen molar-refractivity contribution in [2.24, 2.45) is 0 Å². The average molecular weight is 382 g/mol. The molecule has 0 unspecified atom stereocenters. The van der Waals surface area contributed by atoms with Crippen LogP contribution in [0.4, 0.5) is 5.82 Å². The quantitative estimate of drug-likeness (QED) is 0.804. The minimum absolute atomic E-state index is 0.0823. The minimum atomic E-state index is -0.593. The largest absolute Gasteiger partial charge is 0.373 e. The summed E-state index contributed by atoms with van der Waals surface area (Å²) in [6.45, 7) is 7.48. The van der Waals surface area contributed by atoms with Gasteiger partial charge in [0.15, 0.2) is 5.82 Å². The summed E-state index contributed by atoms with van der Waals surface area (Å²) >= 11 is 0. The standard InChI is InChI=1S/C22H31N5O/c1-15-8-10-16(11-9-15)22(2,3)21(28)27-12-6-7-18(27)20-25-17(14-23-4)13-19(24-5)26-20/h8-11,13,18,23H,6-7,12,14H2,1-5H3,(H,24,25,26)/t18-/m1/s1. The second-order valence-corrected chi connectivity index (χ2v) is 8.03. The zero-order chi connectivity index (χ0) is 20.3. The van der Waals surface area contributed by atoms with Crippen LogP contribution in [-0.2, 0) is 16.8 Å². The van der Waals surface area contributed by atoms with Gasteiger partial charge in [-0.3, -0.25) is 4.79 Å². The third-order valence-electron chi connectivity index (χ3n) is 5.53. The van der Waals surface area contributed by atoms with E-state index in [2.05, 4.69) is 46.8 Å². The van der Waals surface area contributed by atoms with Gasteiger partial charge in [-0.25, -0.2) is 9.97 Å². The molecule has 150 valence electrons. The molecule has 1 fully saturated rings. The van der Waals surface area contributed by atoms with Crippen molar-refractivity contribution in [3.05, 3.63) is 53.0 Å². The van der Waals surface area contributed by atoms with E-state index in [1.54, 1.807) is 0 Å². The summed E-state index contributed by atoms with van der Waals surface area (Å²) in [7, 11) is 3.75. The molecule has 6 heteroatoms. The first-order valence-electron chi connectivity index (χ1n) is 9.95. The Kier molecular flexibility index (Phi) is 5.98. The molecule has 1 aromatic carbocycles. The van der Waals surface area contributed by atoms with E-state index in [1.807, 2.05) is 38.9 Å². The van der Waals surface area contributed by atoms with Gasteiger partial charge in [-0.1, -0.05) is 29.8 Å². The van der Waals surface area contributed by atoms with Crippen LogP contribution in [0.25, 0.3) is 0 Å². The predicted molar refractivity (Wildman–Crippen MR) is 112 cm³/mol. The fourth-order valence-corrected chi connectivity index (χ4v) is 3.80. The number of hydrogen-bond donors (Lipinski definition) is 2. The van der Waals surface area contributed by atoms with Gasteiger partial charge in [-0.05, 0) is 46.2 Å². The molecular weight excluding hydrogens is 350 g/mol. The highest BCUT2D eigenvalue weighted by Crippen LogP contribution is 2.36. The van der Waals surface area contributed by atoms with E-state index in [0.29, 0.717) is 6.54 Å². The van der Waals surface area contributed by atoms with Gasteiger partial charge in [-0.2, -0.15) is 0 Å². The Morgan fingerprint density at radius 2 is 1.93 bits per heavy atom. The Balaban J connectivity index is 1.91. The number of nitrogens with one attached hydrogen (secondary N) is 2. The lowest BCUT2D eigenvalue weighted by molar-refractivity contribution is -0.137. The van der Waals surface area contributed by atoms with Crippen LogP contribution < -0.4 is 10.6 Å². The van der Waals surface area contributed by atoms with Crippen LogP contribution in [0.1, 0.15) is 55.4 Å². The summed E-state index contributed by atoms with van der Waals surface area (Å²) in [6.07, 6.45) is 1.86. The first kappa shape index (κ1) is 20.3. The van der Waals surface area contributed by atoms with Gasteiger partial charge in [0.2, 0.25) is 5.91 Å². The van der Waals surface area contributed by atoms with Gasteiger partial charge in [0.05, 0.1) is 17.2 Å². The summed E-state index contributed by atoms with van der Waals surface area (Å²) < 4.78 is 0. The summed E-state index contributed by atoms with van der Waals surface area (Å²) in [5.41, 5.74) is 2.56. The molecule has 1 amide bonds. The first-order chi connectivity index (χ1) is 13.4. The fraction of sp³-hybridized carbons (Fsp3) is 0.500. The number of rotatable bonds is 6. The maximum atomic E-state index is 13.5. The molecule has 0 spiro atoms. The molecule has 1 atom stereocenters. The molecule has 1 aromatic heterocycles. The highest BCUT2D eigenvalue weighted by Gasteiger charge is 2.40. The van der Waals surface area contributed by atoms with Crippen molar-refractivity contribution in [3.63, 3.8) is 0 Å². The number of benzene rings is 1. The molecule has 0 bridgehead atoms. The Morgan fingerprint density at radius 3 is 2.57 bits per heavy atom. The summed E-state index contributed by atoms with van der Waals surface area (Å²) in [4.78, 5) is 24.9. The molecule has 28 heavy (non-hydrogen) atoms. The van der Waals surface area contributed by atoms with Crippen LogP contribution in [0.15, 0.2) is 30.3 Å². The lowest BCUT2D eigenvalue weighted by Gasteiger charge is -2.33. The van der Waals surface area contributed by atoms with Crippen molar-refractivity contribution >= 4 is 11.7 Å². The Labute approximate surface area is 167 Å². The molecule has 0 saturated carbocycles. The van der Waals surface area contributed by atoms with Crippen molar-refractivity contribution in [2.45, 2.75) is 51.6 Å². The summed E-state index contributed by atoms with van der Waals surface area (Å²) in [5, 5.41) is 6.25. The van der Waals surface area contributed by atoms with Crippen LogP contribution in [-0.4, -0.2) is 41.4 Å². The van der Waals surface area contributed by atoms with Crippen molar-refractivity contribution in [1.29, 1.82) is 0 Å². The van der Waals surface area contributed by atoms with Crippen LogP contribution in [0.5, 0.6) is 0 Å². The summed E-state index contributed by atoms with van der Waals surface area (Å²) in [6, 6.07) is 10.1. The van der Waals surface area contributed by atoms with E-state index in [1.165, 1.54) is 5.56 Å². The number of carbonyl (C=O) groups excluding carboxylic acids is 1. The molecule has 2 heterocycles. The van der Waals surface area contributed by atoms with Gasteiger partial charge in [0.1, 0.15) is 5.82 Å². The molecule has 0 aliphatic carbocycles. The van der Waals surface area contributed by atoms with E-state index in [-0.39, 0.29) is 11.9 Å². The third-order valence-corrected chi connectivity index (χ3v) is 5.53. The number of nitrogens with zero attached hydrogens (tertiary/aromatic N) is 3. The first-order valence-corrected chi connectivity index (χ1v) is 9.95. The van der Waals surface area contributed by atoms with Crippen LogP contribution in [0.2, 0.25) is 0 Å². The second-order valence-electron chi connectivity index (χ2n) is 8.03.